The van der Waals surface area contributed by atoms with Crippen molar-refractivity contribution in [3.63, 3.8) is 0 Å². The van der Waals surface area contributed by atoms with E-state index in [1.54, 1.807) is 18.2 Å². The third kappa shape index (κ3) is 5.04. The molecule has 0 spiro atoms. The molecule has 0 aliphatic carbocycles. The minimum Gasteiger partial charge on any atom is -0.366 e. The predicted molar refractivity (Wildman–Crippen MR) is 123 cm³/mol. The number of benzene rings is 2. The van der Waals surface area contributed by atoms with Crippen LogP contribution in [0.25, 0.3) is 20.8 Å². The second kappa shape index (κ2) is 9.36. The summed E-state index contributed by atoms with van der Waals surface area (Å²) in [4.78, 5) is 30.8. The van der Waals surface area contributed by atoms with Crippen LogP contribution in [-0.4, -0.2) is 46.9 Å². The molecule has 0 aliphatic rings. The van der Waals surface area contributed by atoms with Gasteiger partial charge >= 0.3 is 0 Å². The van der Waals surface area contributed by atoms with Crippen LogP contribution in [0.4, 0.5) is 0 Å². The van der Waals surface area contributed by atoms with E-state index in [9.17, 15) is 9.59 Å². The summed E-state index contributed by atoms with van der Waals surface area (Å²) in [6.45, 7) is 10.1. The first-order valence-corrected chi connectivity index (χ1v) is 10.9. The van der Waals surface area contributed by atoms with Crippen LogP contribution in [0.2, 0.25) is 0 Å². The Morgan fingerprint density at radius 1 is 1.03 bits per heavy atom. The van der Waals surface area contributed by atoms with Crippen molar-refractivity contribution in [2.75, 3.05) is 13.1 Å². The number of primary amides is 1. The second-order valence-electron chi connectivity index (χ2n) is 7.82. The molecule has 0 atom stereocenters. The highest BCUT2D eigenvalue weighted by Crippen LogP contribution is 2.31. The van der Waals surface area contributed by atoms with Gasteiger partial charge in [-0.2, -0.15) is 0 Å². The van der Waals surface area contributed by atoms with Crippen molar-refractivity contribution >= 4 is 33.4 Å². The highest BCUT2D eigenvalue weighted by atomic mass is 32.1. The Bertz CT molecular complexity index is 1030. The molecule has 3 N–H and O–H groups in total. The van der Waals surface area contributed by atoms with E-state index in [0.29, 0.717) is 29.8 Å². The zero-order valence-corrected chi connectivity index (χ0v) is 18.6. The van der Waals surface area contributed by atoms with Crippen LogP contribution < -0.4 is 11.1 Å². The number of thiazole rings is 1. The standard InChI is InChI=1S/C23H28N4O2S/c1-14(2)27(15(3)4)12-11-25-22(29)18-9-10-19-20(13-18)30-23(26-19)17-7-5-16(6-8-17)21(24)28/h5-10,13-15H,11-12H2,1-4H3,(H2,24,28)(H,25,29). The molecule has 6 nitrogen and oxygen atoms in total. The van der Waals surface area contributed by atoms with Gasteiger partial charge < -0.3 is 11.1 Å². The van der Waals surface area contributed by atoms with Crippen LogP contribution in [0.15, 0.2) is 42.5 Å². The minimum atomic E-state index is -0.452. The largest absolute Gasteiger partial charge is 0.366 e. The third-order valence-electron chi connectivity index (χ3n) is 5.05. The molecule has 30 heavy (non-hydrogen) atoms. The zero-order valence-electron chi connectivity index (χ0n) is 17.8. The number of nitrogens with two attached hydrogens (primary N) is 1. The summed E-state index contributed by atoms with van der Waals surface area (Å²) in [5, 5.41) is 3.86. The lowest BCUT2D eigenvalue weighted by atomic mass is 10.1. The number of rotatable bonds is 8. The first-order valence-electron chi connectivity index (χ1n) is 10.1. The van der Waals surface area contributed by atoms with Crippen molar-refractivity contribution in [1.29, 1.82) is 0 Å². The van der Waals surface area contributed by atoms with Gasteiger partial charge in [-0.25, -0.2) is 4.98 Å². The number of hydrogen-bond donors (Lipinski definition) is 2. The zero-order chi connectivity index (χ0) is 21.8. The highest BCUT2D eigenvalue weighted by molar-refractivity contribution is 7.21. The normalized spacial score (nSPS) is 11.6. The molecule has 3 rings (SSSR count). The molecule has 0 saturated heterocycles. The molecule has 0 radical (unpaired) electrons. The van der Waals surface area contributed by atoms with Crippen LogP contribution in [0.1, 0.15) is 48.4 Å². The van der Waals surface area contributed by atoms with Gasteiger partial charge in [-0.05, 0) is 58.0 Å². The Kier molecular flexibility index (Phi) is 6.84. The molecule has 0 fully saturated rings. The second-order valence-corrected chi connectivity index (χ2v) is 8.85. The third-order valence-corrected chi connectivity index (χ3v) is 6.12. The lowest BCUT2D eigenvalue weighted by Crippen LogP contribution is -2.42. The Hall–Kier alpha value is -2.77. The van der Waals surface area contributed by atoms with E-state index in [-0.39, 0.29) is 5.91 Å². The van der Waals surface area contributed by atoms with Crippen LogP contribution in [0.3, 0.4) is 0 Å². The number of fused-ring (bicyclic) bond motifs is 1. The van der Waals surface area contributed by atoms with Gasteiger partial charge in [-0.1, -0.05) is 12.1 Å². The Balaban J connectivity index is 1.70. The topological polar surface area (TPSA) is 88.3 Å². The maximum absolute atomic E-state index is 12.6. The minimum absolute atomic E-state index is 0.0786. The summed E-state index contributed by atoms with van der Waals surface area (Å²) in [6, 6.07) is 13.5. The van der Waals surface area contributed by atoms with Crippen LogP contribution in [-0.2, 0) is 0 Å². The van der Waals surface area contributed by atoms with Crippen molar-refractivity contribution < 1.29 is 9.59 Å². The number of carbonyl (C=O) groups excluding carboxylic acids is 2. The van der Waals surface area contributed by atoms with Crippen molar-refractivity contribution in [3.8, 4) is 10.6 Å². The van der Waals surface area contributed by atoms with Crippen LogP contribution >= 0.6 is 11.3 Å². The van der Waals surface area contributed by atoms with E-state index in [1.807, 2.05) is 24.3 Å². The van der Waals surface area contributed by atoms with Crippen molar-refractivity contribution in [2.45, 2.75) is 39.8 Å². The fourth-order valence-electron chi connectivity index (χ4n) is 3.48. The van der Waals surface area contributed by atoms with Gasteiger partial charge in [-0.15, -0.1) is 11.3 Å². The van der Waals surface area contributed by atoms with E-state index in [2.05, 4.69) is 42.9 Å². The summed E-state index contributed by atoms with van der Waals surface area (Å²) in [6.07, 6.45) is 0. The van der Waals surface area contributed by atoms with Gasteiger partial charge in [0, 0.05) is 41.9 Å². The van der Waals surface area contributed by atoms with Crippen LogP contribution in [0, 0.1) is 0 Å². The molecular weight excluding hydrogens is 396 g/mol. The number of hydrogen-bond acceptors (Lipinski definition) is 5. The Morgan fingerprint density at radius 2 is 1.67 bits per heavy atom. The fourth-order valence-corrected chi connectivity index (χ4v) is 4.49. The molecule has 0 saturated carbocycles. The molecule has 3 aromatic rings. The average molecular weight is 425 g/mol. The molecule has 2 aromatic carbocycles. The van der Waals surface area contributed by atoms with Gasteiger partial charge in [0.05, 0.1) is 10.2 Å². The quantitative estimate of drug-likeness (QED) is 0.574. The Labute approximate surface area is 181 Å². The monoisotopic (exact) mass is 424 g/mol. The van der Waals surface area contributed by atoms with Gasteiger partial charge in [0.1, 0.15) is 5.01 Å². The number of amides is 2. The molecule has 0 bridgehead atoms. The molecule has 1 heterocycles. The van der Waals surface area contributed by atoms with E-state index in [1.165, 1.54) is 11.3 Å². The first-order chi connectivity index (χ1) is 14.3. The van der Waals surface area contributed by atoms with E-state index >= 15 is 0 Å². The highest BCUT2D eigenvalue weighted by Gasteiger charge is 2.14. The van der Waals surface area contributed by atoms with Gasteiger partial charge in [0.2, 0.25) is 5.91 Å². The lowest BCUT2D eigenvalue weighted by molar-refractivity contribution is 0.0938. The smallest absolute Gasteiger partial charge is 0.251 e. The molecule has 1 aromatic heterocycles. The maximum Gasteiger partial charge on any atom is 0.251 e. The number of nitrogens with zero attached hydrogens (tertiary/aromatic N) is 2. The van der Waals surface area contributed by atoms with Gasteiger partial charge in [0.15, 0.2) is 0 Å². The number of carbonyl (C=O) groups is 2. The summed E-state index contributed by atoms with van der Waals surface area (Å²) >= 11 is 1.52. The van der Waals surface area contributed by atoms with E-state index in [4.69, 9.17) is 5.73 Å². The average Bonchev–Trinajstić information content (AvgIpc) is 3.13. The van der Waals surface area contributed by atoms with E-state index < -0.39 is 5.91 Å². The van der Waals surface area contributed by atoms with Crippen molar-refractivity contribution in [3.05, 3.63) is 53.6 Å². The molecule has 2 amide bonds. The summed E-state index contributed by atoms with van der Waals surface area (Å²) in [7, 11) is 0. The van der Waals surface area contributed by atoms with Gasteiger partial charge in [0.25, 0.3) is 5.91 Å². The van der Waals surface area contributed by atoms with Gasteiger partial charge in [-0.3, -0.25) is 14.5 Å². The number of nitrogens with one attached hydrogen (secondary N) is 1. The fraction of sp³-hybridized carbons (Fsp3) is 0.348. The summed E-state index contributed by atoms with van der Waals surface area (Å²) in [5.74, 6) is -0.531. The predicted octanol–water partition coefficient (Wildman–Crippen LogP) is 3.91. The number of aromatic nitrogens is 1. The lowest BCUT2D eigenvalue weighted by Gasteiger charge is -2.30. The van der Waals surface area contributed by atoms with Crippen molar-refractivity contribution in [2.24, 2.45) is 5.73 Å². The molecule has 0 unspecified atom stereocenters. The van der Waals surface area contributed by atoms with Crippen LogP contribution in [0.5, 0.6) is 0 Å². The molecule has 158 valence electrons. The molecule has 0 aliphatic heterocycles. The first kappa shape index (κ1) is 21.9. The summed E-state index contributed by atoms with van der Waals surface area (Å²) < 4.78 is 0.947. The summed E-state index contributed by atoms with van der Waals surface area (Å²) in [5.41, 5.74) is 8.14. The Morgan fingerprint density at radius 3 is 2.27 bits per heavy atom. The molecular formula is C23H28N4O2S. The van der Waals surface area contributed by atoms with Crippen molar-refractivity contribution in [1.82, 2.24) is 15.2 Å². The van der Waals surface area contributed by atoms with E-state index in [0.717, 1.165) is 27.3 Å². The maximum atomic E-state index is 12.6. The SMILES string of the molecule is CC(C)N(CCNC(=O)c1ccc2nc(-c3ccc(C(N)=O)cc3)sc2c1)C(C)C. The molecule has 7 heteroatoms.